The number of rotatable bonds is 4. The average Bonchev–Trinajstić information content (AvgIpc) is 2.36. The van der Waals surface area contributed by atoms with Crippen LogP contribution in [0.5, 0.6) is 5.75 Å². The first-order valence-corrected chi connectivity index (χ1v) is 7.22. The lowest BCUT2D eigenvalue weighted by molar-refractivity contribution is -0.0266. The Balaban J connectivity index is 2.16. The summed E-state index contributed by atoms with van der Waals surface area (Å²) in [6, 6.07) is 12.1. The molecule has 102 valence electrons. The molecule has 0 radical (unpaired) electrons. The molecular weight excluding hydrogens is 304 g/mol. The molecule has 0 saturated heterocycles. The van der Waals surface area contributed by atoms with Crippen molar-refractivity contribution in [3.63, 3.8) is 0 Å². The van der Waals surface area contributed by atoms with Crippen LogP contribution in [-0.4, -0.2) is 17.3 Å². The topological polar surface area (TPSA) is 29.5 Å². The van der Waals surface area contributed by atoms with Crippen molar-refractivity contribution in [1.29, 1.82) is 0 Å². The van der Waals surface area contributed by atoms with Crippen molar-refractivity contribution in [3.8, 4) is 5.75 Å². The lowest BCUT2D eigenvalue weighted by atomic mass is 9.94. The van der Waals surface area contributed by atoms with Gasteiger partial charge in [0, 0.05) is 4.47 Å². The maximum Gasteiger partial charge on any atom is 0.120 e. The predicted octanol–water partition coefficient (Wildman–Crippen LogP) is 4.39. The summed E-state index contributed by atoms with van der Waals surface area (Å²) in [6.07, 6.45) is 0. The van der Waals surface area contributed by atoms with E-state index in [1.807, 2.05) is 44.2 Å². The van der Waals surface area contributed by atoms with Crippen LogP contribution in [-0.2, 0) is 0 Å². The first-order chi connectivity index (χ1) is 8.88. The number of fused-ring (bicyclic) bond motifs is 1. The number of ether oxygens (including phenoxy) is 1. The van der Waals surface area contributed by atoms with E-state index in [0.717, 1.165) is 21.0 Å². The molecule has 0 aromatic heterocycles. The van der Waals surface area contributed by atoms with Crippen LogP contribution >= 0.6 is 15.9 Å². The van der Waals surface area contributed by atoms with Gasteiger partial charge in [-0.25, -0.2) is 0 Å². The zero-order valence-corrected chi connectivity index (χ0v) is 13.1. The van der Waals surface area contributed by atoms with Crippen LogP contribution in [0.1, 0.15) is 20.8 Å². The lowest BCUT2D eigenvalue weighted by Gasteiger charge is -2.27. The van der Waals surface area contributed by atoms with Gasteiger partial charge in [0.15, 0.2) is 0 Å². The third kappa shape index (κ3) is 3.48. The molecule has 0 aliphatic carbocycles. The number of hydrogen-bond acceptors (Lipinski definition) is 2. The van der Waals surface area contributed by atoms with Crippen LogP contribution < -0.4 is 4.74 Å². The van der Waals surface area contributed by atoms with Crippen molar-refractivity contribution in [2.24, 2.45) is 5.92 Å². The van der Waals surface area contributed by atoms with E-state index >= 15 is 0 Å². The van der Waals surface area contributed by atoms with Crippen molar-refractivity contribution in [3.05, 3.63) is 40.9 Å². The van der Waals surface area contributed by atoms with Crippen molar-refractivity contribution < 1.29 is 9.84 Å². The van der Waals surface area contributed by atoms with Crippen LogP contribution in [0.4, 0.5) is 0 Å². The van der Waals surface area contributed by atoms with E-state index in [0.29, 0.717) is 6.61 Å². The molecule has 3 heteroatoms. The molecular formula is C16H19BrO2. The molecule has 0 spiro atoms. The number of hydrogen-bond donors (Lipinski definition) is 1. The Bertz CT molecular complexity index is 576. The van der Waals surface area contributed by atoms with Gasteiger partial charge in [-0.05, 0) is 47.9 Å². The summed E-state index contributed by atoms with van der Waals surface area (Å²) in [6.45, 7) is 6.07. The van der Waals surface area contributed by atoms with Crippen molar-refractivity contribution in [1.82, 2.24) is 0 Å². The van der Waals surface area contributed by atoms with Crippen molar-refractivity contribution in [2.75, 3.05) is 6.61 Å². The second-order valence-corrected chi connectivity index (χ2v) is 6.37. The molecule has 0 saturated carbocycles. The molecule has 0 aliphatic heterocycles. The Kier molecular flexibility index (Phi) is 4.16. The van der Waals surface area contributed by atoms with Gasteiger partial charge in [-0.3, -0.25) is 0 Å². The SMILES string of the molecule is CC(C)C(C)(O)COc1ccc2cc(Br)ccc2c1. The van der Waals surface area contributed by atoms with Crippen LogP contribution in [0.3, 0.4) is 0 Å². The summed E-state index contributed by atoms with van der Waals surface area (Å²) in [5, 5.41) is 12.5. The highest BCUT2D eigenvalue weighted by Gasteiger charge is 2.25. The van der Waals surface area contributed by atoms with Gasteiger partial charge in [-0.1, -0.05) is 41.9 Å². The fourth-order valence-corrected chi connectivity index (χ4v) is 2.06. The monoisotopic (exact) mass is 322 g/mol. The minimum absolute atomic E-state index is 0.156. The maximum absolute atomic E-state index is 10.2. The molecule has 2 rings (SSSR count). The third-order valence-electron chi connectivity index (χ3n) is 3.55. The lowest BCUT2D eigenvalue weighted by Crippen LogP contribution is -2.37. The van der Waals surface area contributed by atoms with Crippen molar-refractivity contribution in [2.45, 2.75) is 26.4 Å². The van der Waals surface area contributed by atoms with Gasteiger partial charge in [0.1, 0.15) is 12.4 Å². The maximum atomic E-state index is 10.2. The van der Waals surface area contributed by atoms with Gasteiger partial charge in [-0.2, -0.15) is 0 Å². The molecule has 19 heavy (non-hydrogen) atoms. The first kappa shape index (κ1) is 14.4. The Morgan fingerprint density at radius 1 is 1.16 bits per heavy atom. The zero-order chi connectivity index (χ0) is 14.0. The van der Waals surface area contributed by atoms with Gasteiger partial charge in [-0.15, -0.1) is 0 Å². The van der Waals surface area contributed by atoms with Crippen molar-refractivity contribution >= 4 is 26.7 Å². The van der Waals surface area contributed by atoms with Gasteiger partial charge in [0.25, 0.3) is 0 Å². The minimum Gasteiger partial charge on any atom is -0.491 e. The highest BCUT2D eigenvalue weighted by molar-refractivity contribution is 9.10. The molecule has 0 amide bonds. The fraction of sp³-hybridized carbons (Fsp3) is 0.375. The number of benzene rings is 2. The highest BCUT2D eigenvalue weighted by atomic mass is 79.9. The zero-order valence-electron chi connectivity index (χ0n) is 11.5. The Morgan fingerprint density at radius 3 is 2.47 bits per heavy atom. The highest BCUT2D eigenvalue weighted by Crippen LogP contribution is 2.25. The molecule has 1 unspecified atom stereocenters. The van der Waals surface area contributed by atoms with Crippen LogP contribution in [0, 0.1) is 5.92 Å². The molecule has 2 aromatic carbocycles. The second kappa shape index (κ2) is 5.51. The van der Waals surface area contributed by atoms with E-state index < -0.39 is 5.60 Å². The van der Waals surface area contributed by atoms with E-state index in [-0.39, 0.29) is 5.92 Å². The van der Waals surface area contributed by atoms with E-state index in [1.165, 1.54) is 0 Å². The Hall–Kier alpha value is -1.06. The summed E-state index contributed by atoms with van der Waals surface area (Å²) < 4.78 is 6.77. The summed E-state index contributed by atoms with van der Waals surface area (Å²) in [5.41, 5.74) is -0.811. The summed E-state index contributed by atoms with van der Waals surface area (Å²) in [5.74, 6) is 0.944. The van der Waals surface area contributed by atoms with Gasteiger partial charge < -0.3 is 9.84 Å². The first-order valence-electron chi connectivity index (χ1n) is 6.43. The molecule has 0 aliphatic rings. The molecule has 2 nitrogen and oxygen atoms in total. The molecule has 2 aromatic rings. The predicted molar refractivity (Wildman–Crippen MR) is 82.6 cm³/mol. The number of halogens is 1. The molecule has 1 N–H and O–H groups in total. The summed E-state index contributed by atoms with van der Waals surface area (Å²) in [7, 11) is 0. The molecule has 0 fully saturated rings. The number of aliphatic hydroxyl groups is 1. The third-order valence-corrected chi connectivity index (χ3v) is 4.04. The van der Waals surface area contributed by atoms with E-state index in [2.05, 4.69) is 22.0 Å². The molecule has 0 heterocycles. The van der Waals surface area contributed by atoms with Gasteiger partial charge in [0.2, 0.25) is 0 Å². The molecule has 1 atom stereocenters. The van der Waals surface area contributed by atoms with Crippen LogP contribution in [0.15, 0.2) is 40.9 Å². The smallest absolute Gasteiger partial charge is 0.120 e. The average molecular weight is 323 g/mol. The standard InChI is InChI=1S/C16H19BrO2/c1-11(2)16(3,18)10-19-15-7-5-12-8-14(17)6-4-13(12)9-15/h4-9,11,18H,10H2,1-3H3. The normalized spacial score (nSPS) is 14.6. The van der Waals surface area contributed by atoms with E-state index in [1.54, 1.807) is 6.92 Å². The summed E-state index contributed by atoms with van der Waals surface area (Å²) >= 11 is 3.46. The van der Waals surface area contributed by atoms with Crippen LogP contribution in [0.25, 0.3) is 10.8 Å². The second-order valence-electron chi connectivity index (χ2n) is 5.45. The fourth-order valence-electron chi connectivity index (χ4n) is 1.68. The Morgan fingerprint density at radius 2 is 1.79 bits per heavy atom. The van der Waals surface area contributed by atoms with Crippen LogP contribution in [0.2, 0.25) is 0 Å². The summed E-state index contributed by atoms with van der Waals surface area (Å²) in [4.78, 5) is 0. The minimum atomic E-state index is -0.811. The van der Waals surface area contributed by atoms with Gasteiger partial charge in [0.05, 0.1) is 5.60 Å². The quantitative estimate of drug-likeness (QED) is 0.904. The van der Waals surface area contributed by atoms with E-state index in [4.69, 9.17) is 4.74 Å². The largest absolute Gasteiger partial charge is 0.491 e. The Labute approximate surface area is 122 Å². The van der Waals surface area contributed by atoms with Gasteiger partial charge >= 0.3 is 0 Å². The molecule has 0 bridgehead atoms. The van der Waals surface area contributed by atoms with E-state index in [9.17, 15) is 5.11 Å².